The summed E-state index contributed by atoms with van der Waals surface area (Å²) in [5, 5.41) is 14.6. The molecule has 1 aromatic heterocycles. The average Bonchev–Trinajstić information content (AvgIpc) is 2.86. The number of carbonyl (C=O) groups excluding carboxylic acids is 1. The van der Waals surface area contributed by atoms with Gasteiger partial charge in [-0.15, -0.1) is 5.10 Å². The van der Waals surface area contributed by atoms with E-state index in [1.165, 1.54) is 11.8 Å². The molecule has 0 aliphatic rings. The predicted molar refractivity (Wildman–Crippen MR) is 88.0 cm³/mol. The van der Waals surface area contributed by atoms with Crippen LogP contribution in [0.15, 0.2) is 23.4 Å². The number of aryl methyl sites for hydroxylation is 2. The Bertz CT molecular complexity index is 668. The van der Waals surface area contributed by atoms with Gasteiger partial charge in [0.05, 0.1) is 5.25 Å². The minimum atomic E-state index is -0.288. The SMILES string of the molecule is Cc1cccc(C(C)C)c1NC(=O)C(C)Sc1nnnn1C. The van der Waals surface area contributed by atoms with Gasteiger partial charge in [-0.2, -0.15) is 0 Å². The third-order valence-corrected chi connectivity index (χ3v) is 4.53. The Kier molecular flexibility index (Phi) is 5.18. The van der Waals surface area contributed by atoms with E-state index in [1.54, 1.807) is 11.7 Å². The highest BCUT2D eigenvalue weighted by molar-refractivity contribution is 8.00. The van der Waals surface area contributed by atoms with E-state index in [9.17, 15) is 4.79 Å². The minimum Gasteiger partial charge on any atom is -0.325 e. The van der Waals surface area contributed by atoms with Gasteiger partial charge in [0.1, 0.15) is 0 Å². The largest absolute Gasteiger partial charge is 0.325 e. The zero-order chi connectivity index (χ0) is 16.3. The van der Waals surface area contributed by atoms with Gasteiger partial charge in [-0.25, -0.2) is 4.68 Å². The van der Waals surface area contributed by atoms with E-state index in [0.717, 1.165) is 16.8 Å². The fourth-order valence-electron chi connectivity index (χ4n) is 2.10. The van der Waals surface area contributed by atoms with Crippen molar-refractivity contribution < 1.29 is 4.79 Å². The molecular formula is C15H21N5OS. The highest BCUT2D eigenvalue weighted by atomic mass is 32.2. The molecule has 22 heavy (non-hydrogen) atoms. The summed E-state index contributed by atoms with van der Waals surface area (Å²) < 4.78 is 1.56. The maximum Gasteiger partial charge on any atom is 0.237 e. The maximum absolute atomic E-state index is 12.5. The summed E-state index contributed by atoms with van der Waals surface area (Å²) in [6.07, 6.45) is 0. The predicted octanol–water partition coefficient (Wildman–Crippen LogP) is 2.76. The van der Waals surface area contributed by atoms with Crippen LogP contribution >= 0.6 is 11.8 Å². The minimum absolute atomic E-state index is 0.0517. The lowest BCUT2D eigenvalue weighted by Crippen LogP contribution is -2.24. The van der Waals surface area contributed by atoms with E-state index in [4.69, 9.17) is 0 Å². The molecule has 2 aromatic rings. The van der Waals surface area contributed by atoms with Crippen LogP contribution in [0.5, 0.6) is 0 Å². The number of aromatic nitrogens is 4. The van der Waals surface area contributed by atoms with Crippen LogP contribution in [0.25, 0.3) is 0 Å². The normalized spacial score (nSPS) is 12.5. The molecule has 0 radical (unpaired) electrons. The Morgan fingerprint density at radius 3 is 2.64 bits per heavy atom. The molecule has 1 unspecified atom stereocenters. The molecule has 6 nitrogen and oxygen atoms in total. The van der Waals surface area contributed by atoms with Gasteiger partial charge in [-0.05, 0) is 41.3 Å². The van der Waals surface area contributed by atoms with Crippen molar-refractivity contribution in [3.05, 3.63) is 29.3 Å². The lowest BCUT2D eigenvalue weighted by atomic mass is 9.98. The zero-order valence-corrected chi connectivity index (χ0v) is 14.3. The Morgan fingerprint density at radius 2 is 2.05 bits per heavy atom. The van der Waals surface area contributed by atoms with E-state index >= 15 is 0 Å². The van der Waals surface area contributed by atoms with Crippen LogP contribution in [0, 0.1) is 6.92 Å². The monoisotopic (exact) mass is 319 g/mol. The Labute approximate surface area is 134 Å². The van der Waals surface area contributed by atoms with E-state index in [1.807, 2.05) is 26.0 Å². The second-order valence-corrected chi connectivity index (χ2v) is 6.84. The lowest BCUT2D eigenvalue weighted by molar-refractivity contribution is -0.115. The molecule has 0 saturated carbocycles. The average molecular weight is 319 g/mol. The molecule has 0 spiro atoms. The number of hydrogen-bond acceptors (Lipinski definition) is 5. The van der Waals surface area contributed by atoms with Gasteiger partial charge in [0.25, 0.3) is 0 Å². The van der Waals surface area contributed by atoms with Crippen molar-refractivity contribution in [3.8, 4) is 0 Å². The molecule has 7 heteroatoms. The van der Waals surface area contributed by atoms with Gasteiger partial charge < -0.3 is 5.32 Å². The Balaban J connectivity index is 2.13. The summed E-state index contributed by atoms with van der Waals surface area (Å²) in [5.74, 6) is 0.297. The highest BCUT2D eigenvalue weighted by Crippen LogP contribution is 2.28. The first kappa shape index (κ1) is 16.5. The number of carbonyl (C=O) groups is 1. The number of rotatable bonds is 5. The van der Waals surface area contributed by atoms with Crippen molar-refractivity contribution in [3.63, 3.8) is 0 Å². The number of hydrogen-bond donors (Lipinski definition) is 1. The standard InChI is InChI=1S/C15H21N5OS/c1-9(2)12-8-6-7-10(3)13(12)16-14(21)11(4)22-15-17-18-19-20(15)5/h6-9,11H,1-5H3,(H,16,21). The van der Waals surface area contributed by atoms with E-state index < -0.39 is 0 Å². The number of benzene rings is 1. The summed E-state index contributed by atoms with van der Waals surface area (Å²) in [4.78, 5) is 12.5. The number of thioether (sulfide) groups is 1. The molecule has 0 fully saturated rings. The fraction of sp³-hybridized carbons (Fsp3) is 0.467. The number of anilines is 1. The van der Waals surface area contributed by atoms with Crippen LogP contribution in [0.1, 0.15) is 37.8 Å². The van der Waals surface area contributed by atoms with Gasteiger partial charge in [0.2, 0.25) is 11.1 Å². The van der Waals surface area contributed by atoms with Crippen LogP contribution < -0.4 is 5.32 Å². The number of nitrogens with zero attached hydrogens (tertiary/aromatic N) is 4. The fourth-order valence-corrected chi connectivity index (χ4v) is 2.85. The maximum atomic E-state index is 12.5. The van der Waals surface area contributed by atoms with E-state index in [2.05, 4.69) is 40.8 Å². The molecule has 0 bridgehead atoms. The summed E-state index contributed by atoms with van der Waals surface area (Å²) in [6.45, 7) is 8.09. The molecule has 0 aliphatic heterocycles. The van der Waals surface area contributed by atoms with Gasteiger partial charge in [-0.3, -0.25) is 4.79 Å². The third kappa shape index (κ3) is 3.65. The topological polar surface area (TPSA) is 72.7 Å². The van der Waals surface area contributed by atoms with Crippen molar-refractivity contribution in [1.29, 1.82) is 0 Å². The van der Waals surface area contributed by atoms with Crippen molar-refractivity contribution in [1.82, 2.24) is 20.2 Å². The van der Waals surface area contributed by atoms with Crippen molar-refractivity contribution >= 4 is 23.4 Å². The smallest absolute Gasteiger partial charge is 0.237 e. The first-order valence-electron chi connectivity index (χ1n) is 7.19. The van der Waals surface area contributed by atoms with E-state index in [-0.39, 0.29) is 11.2 Å². The van der Waals surface area contributed by atoms with Crippen LogP contribution in [0.4, 0.5) is 5.69 Å². The molecule has 1 atom stereocenters. The zero-order valence-electron chi connectivity index (χ0n) is 13.5. The van der Waals surface area contributed by atoms with Crippen LogP contribution in [0.3, 0.4) is 0 Å². The first-order valence-corrected chi connectivity index (χ1v) is 8.07. The van der Waals surface area contributed by atoms with Crippen LogP contribution in [-0.2, 0) is 11.8 Å². The Hall–Kier alpha value is -1.89. The molecule has 0 saturated heterocycles. The summed E-state index contributed by atoms with van der Waals surface area (Å²) in [6, 6.07) is 6.08. The van der Waals surface area contributed by atoms with Gasteiger partial charge in [-0.1, -0.05) is 43.8 Å². The second kappa shape index (κ2) is 6.91. The third-order valence-electron chi connectivity index (χ3n) is 3.41. The highest BCUT2D eigenvalue weighted by Gasteiger charge is 2.20. The lowest BCUT2D eigenvalue weighted by Gasteiger charge is -2.18. The number of nitrogens with one attached hydrogen (secondary N) is 1. The number of tetrazole rings is 1. The van der Waals surface area contributed by atoms with Crippen LogP contribution in [0.2, 0.25) is 0 Å². The van der Waals surface area contributed by atoms with Crippen molar-refractivity contribution in [2.24, 2.45) is 7.05 Å². The number of para-hydroxylation sites is 1. The molecule has 1 aromatic carbocycles. The summed E-state index contributed by atoms with van der Waals surface area (Å²) in [5.41, 5.74) is 3.12. The Morgan fingerprint density at radius 1 is 1.32 bits per heavy atom. The molecule has 2 rings (SSSR count). The molecular weight excluding hydrogens is 298 g/mol. The molecule has 118 valence electrons. The first-order chi connectivity index (χ1) is 10.4. The van der Waals surface area contributed by atoms with Crippen LogP contribution in [-0.4, -0.2) is 31.4 Å². The van der Waals surface area contributed by atoms with Gasteiger partial charge in [0.15, 0.2) is 0 Å². The van der Waals surface area contributed by atoms with Crippen molar-refractivity contribution in [2.75, 3.05) is 5.32 Å². The second-order valence-electron chi connectivity index (χ2n) is 5.53. The molecule has 0 aliphatic carbocycles. The molecule has 1 amide bonds. The van der Waals surface area contributed by atoms with Crippen molar-refractivity contribution in [2.45, 2.75) is 44.0 Å². The number of amides is 1. The summed E-state index contributed by atoms with van der Waals surface area (Å²) in [7, 11) is 1.76. The summed E-state index contributed by atoms with van der Waals surface area (Å²) >= 11 is 1.34. The van der Waals surface area contributed by atoms with Gasteiger partial charge >= 0.3 is 0 Å². The molecule has 1 heterocycles. The van der Waals surface area contributed by atoms with E-state index in [0.29, 0.717) is 11.1 Å². The quantitative estimate of drug-likeness (QED) is 0.858. The van der Waals surface area contributed by atoms with Gasteiger partial charge in [0, 0.05) is 12.7 Å². The molecule has 1 N–H and O–H groups in total.